The van der Waals surface area contributed by atoms with Crippen LogP contribution in [0.2, 0.25) is 15.1 Å². The number of rotatable bonds is 23. The van der Waals surface area contributed by atoms with Crippen molar-refractivity contribution in [1.82, 2.24) is 50.5 Å². The first-order chi connectivity index (χ1) is 53.1. The number of ether oxygens (including phenoxy) is 7. The summed E-state index contributed by atoms with van der Waals surface area (Å²) in [6.45, 7) is 18.6. The number of aliphatic imine (C=N–C) groups is 1. The lowest BCUT2D eigenvalue weighted by Gasteiger charge is -2.35. The summed E-state index contributed by atoms with van der Waals surface area (Å²) in [5.74, 6) is -2.99. The molecule has 6 atom stereocenters. The Bertz CT molecular complexity index is 4570. The number of amides is 4. The second-order valence-corrected chi connectivity index (χ2v) is 30.7. The maximum atomic E-state index is 13.7. The number of piperidine rings is 3. The molecule has 4 aliphatic rings. The summed E-state index contributed by atoms with van der Waals surface area (Å²) in [6, 6.07) is 18.0. The molecule has 35 heteroatoms. The third-order valence-electron chi connectivity index (χ3n) is 18.6. The summed E-state index contributed by atoms with van der Waals surface area (Å²) in [5.41, 5.74) is 10.1. The molecule has 3 fully saturated rings. The third-order valence-corrected chi connectivity index (χ3v) is 19.7. The van der Waals surface area contributed by atoms with Crippen molar-refractivity contribution in [3.63, 3.8) is 0 Å². The van der Waals surface area contributed by atoms with Crippen molar-refractivity contribution < 1.29 is 76.3 Å². The van der Waals surface area contributed by atoms with Crippen LogP contribution < -0.4 is 42.4 Å². The van der Waals surface area contributed by atoms with Gasteiger partial charge in [0, 0.05) is 123 Å². The number of carbonyl (C=O) groups excluding carboxylic acids is 9. The molecule has 3 aromatic carbocycles. The number of nitrogens with zero attached hydrogens (tertiary/aromatic N) is 8. The molecule has 113 heavy (non-hydrogen) atoms. The Kier molecular flexibility index (Phi) is 32.8. The number of aromatic amines is 1. The van der Waals surface area contributed by atoms with E-state index in [4.69, 9.17) is 83.8 Å². The summed E-state index contributed by atoms with van der Waals surface area (Å²) >= 11 is 19.4. The van der Waals surface area contributed by atoms with E-state index in [0.717, 1.165) is 81.5 Å². The minimum absolute atomic E-state index is 0. The minimum atomic E-state index is -1.49. The van der Waals surface area contributed by atoms with Gasteiger partial charge in [-0.1, -0.05) is 89.4 Å². The molecular weight excluding hydrogens is 1550 g/mol. The molecule has 3 saturated heterocycles. The molecule has 0 spiro atoms. The fraction of sp³-hybridized carbons (Fsp3) is 0.500. The van der Waals surface area contributed by atoms with Gasteiger partial charge in [0.25, 0.3) is 17.4 Å². The Balaban J connectivity index is 0.000000237. The molecule has 0 aliphatic carbocycles. The summed E-state index contributed by atoms with van der Waals surface area (Å²) in [6.07, 6.45) is 4.83. The van der Waals surface area contributed by atoms with Crippen LogP contribution in [0.1, 0.15) is 148 Å². The van der Waals surface area contributed by atoms with Gasteiger partial charge in [-0.2, -0.15) is 5.10 Å². The number of nitrogens with one attached hydrogen (secondary N) is 5. The number of ketones is 2. The van der Waals surface area contributed by atoms with Gasteiger partial charge in [0.05, 0.1) is 39.2 Å². The predicted octanol–water partition coefficient (Wildman–Crippen LogP) is 8.64. The summed E-state index contributed by atoms with van der Waals surface area (Å²) in [5, 5.41) is 21.8. The van der Waals surface area contributed by atoms with Crippen LogP contribution in [0.4, 0.5) is 21.2 Å². The number of amidine groups is 1. The molecule has 31 nitrogen and oxygen atoms in total. The maximum absolute atomic E-state index is 13.7. The lowest BCUT2D eigenvalue weighted by molar-refractivity contribution is -0.148. The van der Waals surface area contributed by atoms with Gasteiger partial charge >= 0.3 is 30.1 Å². The van der Waals surface area contributed by atoms with Crippen LogP contribution in [0.5, 0.6) is 0 Å². The minimum Gasteiger partial charge on any atom is -0.467 e. The van der Waals surface area contributed by atoms with Gasteiger partial charge in [-0.05, 0) is 136 Å². The molecule has 7 heterocycles. The third kappa shape index (κ3) is 24.0. The van der Waals surface area contributed by atoms with Gasteiger partial charge in [-0.15, -0.1) is 17.5 Å². The molecular formula is C78H102Cl4N14O17. The number of H-pyrrole nitrogens is 1. The Labute approximate surface area is 677 Å². The zero-order valence-electron chi connectivity index (χ0n) is 66.1. The van der Waals surface area contributed by atoms with E-state index in [-0.39, 0.29) is 73.7 Å². The normalized spacial score (nSPS) is 17.5. The van der Waals surface area contributed by atoms with E-state index in [2.05, 4.69) is 36.2 Å². The Morgan fingerprint density at radius 2 is 1.09 bits per heavy atom. The summed E-state index contributed by atoms with van der Waals surface area (Å²) < 4.78 is 39.0. The number of halogens is 4. The van der Waals surface area contributed by atoms with E-state index < -0.39 is 88.4 Å². The van der Waals surface area contributed by atoms with E-state index in [1.807, 2.05) is 64.4 Å². The highest BCUT2D eigenvalue weighted by Gasteiger charge is 2.41. The van der Waals surface area contributed by atoms with Gasteiger partial charge < -0.3 is 79.8 Å². The van der Waals surface area contributed by atoms with E-state index in [1.165, 1.54) is 39.7 Å². The number of carbonyl (C=O) groups is 9. The van der Waals surface area contributed by atoms with E-state index in [0.29, 0.717) is 94.0 Å². The summed E-state index contributed by atoms with van der Waals surface area (Å²) in [4.78, 5) is 140. The standard InChI is InChI=1S/C29H39ClN4O7.C28H38ClN5O7.C21H24ClN5O3.ClH/c1-17(35)24(27(37)40-6)33-26(36)23-20(14-18-10-7-8-12-21(18)30)25(32-22(23)16-39-5)34-13-9-11-19(15-34)31-28(38)41-29(2,3)4;1-17(35)22(26(37)40-6)31-24(36)23-20(14-18-10-7-8-12-21(18)29)25(34(32-23)16-39-5)33-13-9-11-19(15-33)30-27(38)41-28(2,3)4;1-12-17(21(29)30-2)24-20(28)18-15(10-13-6-3-4-8-16(13)22)19(25-27(12)18)26-9-5-7-14(23)11-26;/h7-8,10,12,19,22,24H,9,11,13-16H2,1-6H3,(H,31,38)(H,33,36);7-8,10,12,19,22H,9,11,13-16H2,1-6H3,(H,30,38)(H,31,36);3-4,6,8,14H,5,7,9-11,23H2,1-2H3,(H,24,28);1H/t19-,22?,24?;19-,22?;14-;/m111./s1. The number of likely N-dealkylation sites (tertiary alicyclic amines) is 1. The van der Waals surface area contributed by atoms with Crippen molar-refractivity contribution >= 4 is 124 Å². The van der Waals surface area contributed by atoms with Gasteiger partial charge in [0.1, 0.15) is 46.8 Å². The average Bonchev–Trinajstić information content (AvgIpc) is 1.61. The van der Waals surface area contributed by atoms with Crippen molar-refractivity contribution in [3.8, 4) is 0 Å². The largest absolute Gasteiger partial charge is 0.467 e. The Morgan fingerprint density at radius 1 is 0.611 bits per heavy atom. The van der Waals surface area contributed by atoms with Crippen molar-refractivity contribution in [3.05, 3.63) is 154 Å². The Hall–Kier alpha value is -9.63. The van der Waals surface area contributed by atoms with Crippen LogP contribution in [0.15, 0.2) is 93.7 Å². The van der Waals surface area contributed by atoms with Crippen LogP contribution in [-0.2, 0) is 83.1 Å². The number of hydrogen-bond donors (Lipinski definition) is 6. The number of aromatic nitrogens is 5. The smallest absolute Gasteiger partial charge is 0.407 e. The Morgan fingerprint density at radius 3 is 1.57 bits per heavy atom. The zero-order valence-corrected chi connectivity index (χ0v) is 69.1. The molecule has 0 bridgehead atoms. The fourth-order valence-electron chi connectivity index (χ4n) is 13.5. The first-order valence-corrected chi connectivity index (χ1v) is 37.8. The number of esters is 3. The molecule has 7 N–H and O–H groups in total. The lowest BCUT2D eigenvalue weighted by Crippen LogP contribution is -2.51. The lowest BCUT2D eigenvalue weighted by atomic mass is 9.95. The van der Waals surface area contributed by atoms with Crippen molar-refractivity contribution in [2.75, 3.05) is 91.2 Å². The van der Waals surface area contributed by atoms with Crippen molar-refractivity contribution in [2.24, 2.45) is 10.7 Å². The molecule has 10 rings (SSSR count). The van der Waals surface area contributed by atoms with E-state index in [9.17, 15) is 47.9 Å². The molecule has 6 aromatic rings. The average molecular weight is 1650 g/mol. The number of Topliss-reactive ketones (excluding diaryl/α,β-unsaturated/α-hetero) is 2. The molecule has 4 amide bonds. The predicted molar refractivity (Wildman–Crippen MR) is 429 cm³/mol. The van der Waals surface area contributed by atoms with Crippen LogP contribution in [0.3, 0.4) is 0 Å². The highest BCUT2D eigenvalue weighted by Crippen LogP contribution is 2.36. The van der Waals surface area contributed by atoms with Gasteiger partial charge in [-0.3, -0.25) is 29.0 Å². The first-order valence-electron chi connectivity index (χ1n) is 36.7. The molecule has 3 aromatic heterocycles. The number of methoxy groups -OCH3 is 5. The molecule has 3 unspecified atom stereocenters. The number of fused-ring (bicyclic) bond motifs is 1. The second-order valence-electron chi connectivity index (χ2n) is 29.4. The quantitative estimate of drug-likeness (QED) is 0.0198. The second kappa shape index (κ2) is 40.9. The first kappa shape index (κ1) is 90.6. The maximum Gasteiger partial charge on any atom is 0.407 e. The SMILES string of the molecule is COC(=O)c1[nH]c(=O)c2c(Cc3ccccc3Cl)c(N3CCC[C@@H](N)C3)nn2c1C.COCC1N=C(N2CCC[C@@H](NC(=O)OC(C)(C)C)C2)C(Cc2ccccc2Cl)=C1C(=O)NC(C(C)=O)C(=O)OC.COCn1nc(C(=O)NC(C(C)=O)C(=O)OC)c(Cc2ccccc2Cl)c1N1CCC[C@@H](NC(=O)OC(C)(C)C)C1.Cl. The summed E-state index contributed by atoms with van der Waals surface area (Å²) in [7, 11) is 6.57. The number of hydrogen-bond acceptors (Lipinski definition) is 24. The van der Waals surface area contributed by atoms with Gasteiger partial charge in [0.15, 0.2) is 35.2 Å². The number of anilines is 2. The molecule has 0 saturated carbocycles. The number of alkyl carbamates (subject to hydrolysis) is 2. The number of nitrogens with two attached hydrogens (primary N) is 1. The van der Waals surface area contributed by atoms with Gasteiger partial charge in [0.2, 0.25) is 0 Å². The zero-order chi connectivity index (χ0) is 82.1. The van der Waals surface area contributed by atoms with E-state index >= 15 is 0 Å². The molecule has 4 aliphatic heterocycles. The van der Waals surface area contributed by atoms with E-state index in [1.54, 1.807) is 71.3 Å². The number of aryl methyl sites for hydroxylation is 1. The number of benzene rings is 3. The molecule has 614 valence electrons. The van der Waals surface area contributed by atoms with Gasteiger partial charge in [-0.25, -0.2) is 33.2 Å². The topological polar surface area (TPSA) is 382 Å². The fourth-order valence-corrected chi connectivity index (χ4v) is 14.2. The van der Waals surface area contributed by atoms with Crippen molar-refractivity contribution in [1.29, 1.82) is 0 Å². The highest BCUT2D eigenvalue weighted by atomic mass is 35.5. The van der Waals surface area contributed by atoms with Crippen LogP contribution in [0, 0.1) is 6.92 Å². The molecule has 0 radical (unpaired) electrons. The highest BCUT2D eigenvalue weighted by molar-refractivity contribution is 6.32. The monoisotopic (exact) mass is 1650 g/mol. The van der Waals surface area contributed by atoms with Crippen LogP contribution >= 0.6 is 47.2 Å². The van der Waals surface area contributed by atoms with Crippen LogP contribution in [0.25, 0.3) is 5.52 Å². The van der Waals surface area contributed by atoms with Crippen molar-refractivity contribution in [2.45, 2.75) is 174 Å². The van der Waals surface area contributed by atoms with Crippen LogP contribution in [-0.4, -0.2) is 217 Å².